The number of amides is 2. The molecule has 6 heteroatoms. The molecule has 0 saturated carbocycles. The second kappa shape index (κ2) is 5.77. The molecule has 0 aromatic heterocycles. The van der Waals surface area contributed by atoms with E-state index in [1.807, 2.05) is 6.07 Å². The van der Waals surface area contributed by atoms with Crippen LogP contribution in [-0.2, 0) is 9.47 Å². The molecule has 0 spiro atoms. The van der Waals surface area contributed by atoms with Crippen LogP contribution in [0.5, 0.6) is 0 Å². The number of imide groups is 1. The van der Waals surface area contributed by atoms with Gasteiger partial charge in [0.2, 0.25) is 0 Å². The number of methoxy groups -OCH3 is 1. The van der Waals surface area contributed by atoms with E-state index >= 15 is 0 Å². The minimum absolute atomic E-state index is 0.231. The van der Waals surface area contributed by atoms with Crippen LogP contribution >= 0.6 is 15.9 Å². The molecule has 114 valence electrons. The van der Waals surface area contributed by atoms with Crippen molar-refractivity contribution in [3.63, 3.8) is 0 Å². The Morgan fingerprint density at radius 1 is 1.38 bits per heavy atom. The van der Waals surface area contributed by atoms with Crippen molar-refractivity contribution >= 4 is 27.9 Å². The van der Waals surface area contributed by atoms with Crippen molar-refractivity contribution in [2.75, 3.05) is 13.7 Å². The number of ether oxygens (including phenoxy) is 2. The third-order valence-electron chi connectivity index (χ3n) is 3.05. The lowest BCUT2D eigenvalue weighted by molar-refractivity contribution is 0.0112. The SMILES string of the molecule is COCC1c2cc(Br)ccc2C(=O)N1C(=O)OC(C)(C)C. The van der Waals surface area contributed by atoms with Gasteiger partial charge in [-0.05, 0) is 44.5 Å². The molecular formula is C15H18BrNO4. The normalized spacial score (nSPS) is 17.9. The number of fused-ring (bicyclic) bond motifs is 1. The molecule has 0 fully saturated rings. The van der Waals surface area contributed by atoms with Crippen LogP contribution in [0.1, 0.15) is 42.7 Å². The number of carbonyl (C=O) groups excluding carboxylic acids is 2. The topological polar surface area (TPSA) is 55.8 Å². The summed E-state index contributed by atoms with van der Waals surface area (Å²) >= 11 is 3.38. The summed E-state index contributed by atoms with van der Waals surface area (Å²) in [4.78, 5) is 25.9. The van der Waals surface area contributed by atoms with E-state index in [0.29, 0.717) is 5.56 Å². The van der Waals surface area contributed by atoms with Gasteiger partial charge in [0.05, 0.1) is 12.6 Å². The molecule has 0 saturated heterocycles. The van der Waals surface area contributed by atoms with E-state index in [1.54, 1.807) is 32.9 Å². The van der Waals surface area contributed by atoms with E-state index < -0.39 is 17.7 Å². The minimum Gasteiger partial charge on any atom is -0.443 e. The van der Waals surface area contributed by atoms with Crippen LogP contribution in [0.25, 0.3) is 0 Å². The maximum absolute atomic E-state index is 12.5. The van der Waals surface area contributed by atoms with E-state index in [-0.39, 0.29) is 12.5 Å². The molecule has 0 aliphatic carbocycles. The van der Waals surface area contributed by atoms with Crippen molar-refractivity contribution in [2.45, 2.75) is 32.4 Å². The molecular weight excluding hydrogens is 338 g/mol. The van der Waals surface area contributed by atoms with Gasteiger partial charge in [-0.1, -0.05) is 15.9 Å². The minimum atomic E-state index is -0.662. The summed E-state index contributed by atoms with van der Waals surface area (Å²) < 4.78 is 11.3. The number of nitrogens with zero attached hydrogens (tertiary/aromatic N) is 1. The molecule has 1 aliphatic heterocycles. The number of hydrogen-bond donors (Lipinski definition) is 0. The molecule has 0 radical (unpaired) electrons. The standard InChI is InChI=1S/C15H18BrNO4/c1-15(2,3)21-14(19)17-12(8-20-4)11-7-9(16)5-6-10(11)13(17)18/h5-7,12H,8H2,1-4H3. The molecule has 1 aromatic carbocycles. The van der Waals surface area contributed by atoms with Crippen molar-refractivity contribution in [2.24, 2.45) is 0 Å². The second-order valence-corrected chi connectivity index (χ2v) is 6.77. The zero-order chi connectivity index (χ0) is 15.8. The zero-order valence-corrected chi connectivity index (χ0v) is 14.1. The van der Waals surface area contributed by atoms with Crippen molar-refractivity contribution in [1.29, 1.82) is 0 Å². The van der Waals surface area contributed by atoms with Crippen LogP contribution < -0.4 is 0 Å². The van der Waals surface area contributed by atoms with E-state index in [2.05, 4.69) is 15.9 Å². The molecule has 0 N–H and O–H groups in total. The molecule has 1 unspecified atom stereocenters. The number of carbonyl (C=O) groups is 2. The average Bonchev–Trinajstić information content (AvgIpc) is 2.61. The molecule has 1 aliphatic rings. The number of rotatable bonds is 2. The fraction of sp³-hybridized carbons (Fsp3) is 0.467. The lowest BCUT2D eigenvalue weighted by Gasteiger charge is -2.27. The highest BCUT2D eigenvalue weighted by molar-refractivity contribution is 9.10. The first-order valence-electron chi connectivity index (χ1n) is 6.59. The monoisotopic (exact) mass is 355 g/mol. The van der Waals surface area contributed by atoms with E-state index in [1.165, 1.54) is 7.11 Å². The zero-order valence-electron chi connectivity index (χ0n) is 12.5. The molecule has 1 aromatic rings. The summed E-state index contributed by atoms with van der Waals surface area (Å²) in [6, 6.07) is 4.85. The maximum atomic E-state index is 12.5. The van der Waals surface area contributed by atoms with Crippen molar-refractivity contribution in [1.82, 2.24) is 4.90 Å². The Labute approximate surface area is 132 Å². The van der Waals surface area contributed by atoms with Crippen LogP contribution in [0, 0.1) is 0 Å². The molecule has 5 nitrogen and oxygen atoms in total. The Bertz CT molecular complexity index is 580. The Morgan fingerprint density at radius 2 is 2.05 bits per heavy atom. The molecule has 0 bridgehead atoms. The highest BCUT2D eigenvalue weighted by Gasteiger charge is 2.42. The number of benzene rings is 1. The second-order valence-electron chi connectivity index (χ2n) is 5.86. The van der Waals surface area contributed by atoms with Gasteiger partial charge in [-0.3, -0.25) is 4.79 Å². The number of halogens is 1. The van der Waals surface area contributed by atoms with Gasteiger partial charge in [0.1, 0.15) is 5.60 Å². The Hall–Kier alpha value is -1.40. The summed E-state index contributed by atoms with van der Waals surface area (Å²) in [6.07, 6.45) is -0.651. The fourth-order valence-corrected chi connectivity index (χ4v) is 2.64. The highest BCUT2D eigenvalue weighted by Crippen LogP contribution is 2.36. The van der Waals surface area contributed by atoms with E-state index in [0.717, 1.165) is 14.9 Å². The molecule has 2 rings (SSSR count). The Balaban J connectivity index is 2.38. The smallest absolute Gasteiger partial charge is 0.417 e. The molecule has 1 heterocycles. The molecule has 21 heavy (non-hydrogen) atoms. The number of hydrogen-bond acceptors (Lipinski definition) is 4. The van der Waals surface area contributed by atoms with Crippen LogP contribution in [0.15, 0.2) is 22.7 Å². The summed E-state index contributed by atoms with van der Waals surface area (Å²) in [5.41, 5.74) is 0.609. The lowest BCUT2D eigenvalue weighted by Crippen LogP contribution is -2.40. The van der Waals surface area contributed by atoms with Gasteiger partial charge in [-0.15, -0.1) is 0 Å². The van der Waals surface area contributed by atoms with E-state index in [9.17, 15) is 9.59 Å². The van der Waals surface area contributed by atoms with Gasteiger partial charge in [-0.25, -0.2) is 9.69 Å². The lowest BCUT2D eigenvalue weighted by atomic mass is 10.1. The predicted molar refractivity (Wildman–Crippen MR) is 81.2 cm³/mol. The highest BCUT2D eigenvalue weighted by atomic mass is 79.9. The first-order chi connectivity index (χ1) is 9.74. The third-order valence-corrected chi connectivity index (χ3v) is 3.54. The summed E-state index contributed by atoms with van der Waals surface area (Å²) in [5.74, 6) is -0.353. The largest absolute Gasteiger partial charge is 0.443 e. The fourth-order valence-electron chi connectivity index (χ4n) is 2.26. The summed E-state index contributed by atoms with van der Waals surface area (Å²) in [7, 11) is 1.54. The summed E-state index contributed by atoms with van der Waals surface area (Å²) in [6.45, 7) is 5.52. The first-order valence-corrected chi connectivity index (χ1v) is 7.39. The van der Waals surface area contributed by atoms with Crippen LogP contribution in [0.3, 0.4) is 0 Å². The maximum Gasteiger partial charge on any atom is 0.417 e. The van der Waals surface area contributed by atoms with Gasteiger partial charge in [0.15, 0.2) is 0 Å². The Kier molecular flexibility index (Phi) is 4.39. The van der Waals surface area contributed by atoms with Crippen molar-refractivity contribution in [3.8, 4) is 0 Å². The Morgan fingerprint density at radius 3 is 2.62 bits per heavy atom. The van der Waals surface area contributed by atoms with Gasteiger partial charge in [0.25, 0.3) is 5.91 Å². The third kappa shape index (κ3) is 3.27. The van der Waals surface area contributed by atoms with Crippen LogP contribution in [0.4, 0.5) is 4.79 Å². The predicted octanol–water partition coefficient (Wildman–Crippen LogP) is 3.53. The van der Waals surface area contributed by atoms with Gasteiger partial charge >= 0.3 is 6.09 Å². The van der Waals surface area contributed by atoms with Gasteiger partial charge in [-0.2, -0.15) is 0 Å². The van der Waals surface area contributed by atoms with Crippen molar-refractivity contribution in [3.05, 3.63) is 33.8 Å². The first kappa shape index (κ1) is 16.0. The van der Waals surface area contributed by atoms with Gasteiger partial charge in [0, 0.05) is 17.1 Å². The molecule has 2 amide bonds. The van der Waals surface area contributed by atoms with E-state index in [4.69, 9.17) is 9.47 Å². The van der Waals surface area contributed by atoms with Crippen molar-refractivity contribution < 1.29 is 19.1 Å². The molecule has 1 atom stereocenters. The summed E-state index contributed by atoms with van der Waals surface area (Å²) in [5, 5.41) is 0. The quantitative estimate of drug-likeness (QED) is 0.814. The van der Waals surface area contributed by atoms with Gasteiger partial charge < -0.3 is 9.47 Å². The van der Waals surface area contributed by atoms with Crippen LogP contribution in [0.2, 0.25) is 0 Å². The average molecular weight is 356 g/mol. The van der Waals surface area contributed by atoms with Crippen LogP contribution in [-0.4, -0.2) is 36.2 Å².